The van der Waals surface area contributed by atoms with Crippen LogP contribution in [0.5, 0.6) is 0 Å². The summed E-state index contributed by atoms with van der Waals surface area (Å²) in [5.41, 5.74) is 6.04. The summed E-state index contributed by atoms with van der Waals surface area (Å²) in [6.45, 7) is 0. The fourth-order valence-corrected chi connectivity index (χ4v) is 6.81. The molecule has 274 valence electrons. The van der Waals surface area contributed by atoms with Crippen LogP contribution in [0.4, 0.5) is 45.5 Å². The number of carboxylic acids is 4. The maximum atomic E-state index is 11.6. The Kier molecular flexibility index (Phi) is 8.75. The number of hydrogen-bond donors (Lipinski definition) is 8. The Hall–Kier alpha value is -8.12. The lowest BCUT2D eigenvalue weighted by atomic mass is 9.90. The summed E-state index contributed by atoms with van der Waals surface area (Å²) < 4.78 is 0. The van der Waals surface area contributed by atoms with Gasteiger partial charge in [0.2, 0.25) is 0 Å². The third-order valence-corrected chi connectivity index (χ3v) is 9.54. The first-order chi connectivity index (χ1) is 27.0. The molecule has 0 bridgehead atoms. The molecule has 56 heavy (non-hydrogen) atoms. The molecule has 12 nitrogen and oxygen atoms in total. The van der Waals surface area contributed by atoms with Gasteiger partial charge in [-0.25, -0.2) is 19.2 Å². The van der Waals surface area contributed by atoms with Crippen LogP contribution < -0.4 is 21.3 Å². The monoisotopic (exact) mass is 742 g/mol. The summed E-state index contributed by atoms with van der Waals surface area (Å²) in [7, 11) is 0. The van der Waals surface area contributed by atoms with Gasteiger partial charge in [0.15, 0.2) is 0 Å². The molecule has 0 unspecified atom stereocenters. The number of benzene rings is 8. The van der Waals surface area contributed by atoms with Gasteiger partial charge in [0.1, 0.15) is 0 Å². The minimum atomic E-state index is -1.04. The first kappa shape index (κ1) is 34.9. The van der Waals surface area contributed by atoms with E-state index in [0.717, 1.165) is 32.3 Å². The second-order valence-corrected chi connectivity index (χ2v) is 13.0. The molecular weight excluding hydrogens is 713 g/mol. The second-order valence-electron chi connectivity index (χ2n) is 13.0. The average Bonchev–Trinajstić information content (AvgIpc) is 3.19. The van der Waals surface area contributed by atoms with Crippen LogP contribution in [0.15, 0.2) is 133 Å². The Morgan fingerprint density at radius 2 is 0.500 bits per heavy atom. The summed E-state index contributed by atoms with van der Waals surface area (Å²) in [6, 6.07) is 37.6. The molecule has 0 aliphatic rings. The normalized spacial score (nSPS) is 11.1. The Balaban J connectivity index is 1.35. The van der Waals surface area contributed by atoms with Crippen molar-refractivity contribution in [3.63, 3.8) is 0 Å². The molecule has 8 aromatic carbocycles. The van der Waals surface area contributed by atoms with Crippen LogP contribution >= 0.6 is 0 Å². The second kappa shape index (κ2) is 14.0. The van der Waals surface area contributed by atoms with Crippen LogP contribution in [0, 0.1) is 0 Å². The van der Waals surface area contributed by atoms with Crippen LogP contribution in [-0.2, 0) is 0 Å². The molecular formula is C44H30N4O8. The van der Waals surface area contributed by atoms with Crippen molar-refractivity contribution in [2.75, 3.05) is 21.3 Å². The van der Waals surface area contributed by atoms with Gasteiger partial charge >= 0.3 is 23.9 Å². The topological polar surface area (TPSA) is 197 Å². The quantitative estimate of drug-likeness (QED) is 0.0552. The molecule has 8 N–H and O–H groups in total. The van der Waals surface area contributed by atoms with Crippen LogP contribution in [0.25, 0.3) is 32.3 Å². The highest BCUT2D eigenvalue weighted by Crippen LogP contribution is 2.47. The fraction of sp³-hybridized carbons (Fsp3) is 0. The SMILES string of the molecule is O=C(O)c1ccc(Nc2cc(Nc3ccc(C(=O)O)cc3)c3ccc4c(Nc5ccc(C(=O)O)cc5)cc(Nc5ccc(C(=O)O)cc5)c5ccc2c3c54)cc1. The lowest BCUT2D eigenvalue weighted by Crippen LogP contribution is -2.02. The maximum Gasteiger partial charge on any atom is 0.335 e. The van der Waals surface area contributed by atoms with Gasteiger partial charge in [0, 0.05) is 77.8 Å². The molecule has 0 aromatic heterocycles. The van der Waals surface area contributed by atoms with E-state index in [-0.39, 0.29) is 22.3 Å². The van der Waals surface area contributed by atoms with Gasteiger partial charge in [-0.15, -0.1) is 0 Å². The van der Waals surface area contributed by atoms with Crippen LogP contribution in [0.2, 0.25) is 0 Å². The van der Waals surface area contributed by atoms with Gasteiger partial charge in [-0.05, 0) is 109 Å². The Labute approximate surface area is 317 Å². The summed E-state index contributed by atoms with van der Waals surface area (Å²) in [5, 5.41) is 56.9. The minimum absolute atomic E-state index is 0.147. The molecule has 12 heteroatoms. The highest BCUT2D eigenvalue weighted by molar-refractivity contribution is 6.31. The highest BCUT2D eigenvalue weighted by Gasteiger charge is 2.20. The number of carbonyl (C=O) groups is 4. The number of aromatic carboxylic acids is 4. The van der Waals surface area contributed by atoms with E-state index in [2.05, 4.69) is 21.3 Å². The Bertz CT molecular complexity index is 2450. The number of nitrogens with one attached hydrogen (secondary N) is 4. The van der Waals surface area contributed by atoms with Crippen LogP contribution in [-0.4, -0.2) is 44.3 Å². The van der Waals surface area contributed by atoms with E-state index in [1.54, 1.807) is 48.5 Å². The standard InChI is InChI=1S/C44H30N4O8/c49-41(50)23-1-9-27(10-2-23)45-35-21-36(46-28-11-3-24(4-12-28)42(51)52)32-19-20-34-38(48-30-15-7-26(8-16-30)44(55)56)22-37(33-18-17-31(35)39(32)40(33)34)47-29-13-5-25(6-14-29)43(53)54/h1-22,45-48H,(H,49,50)(H,51,52)(H,53,54)(H,55,56). The molecule has 0 atom stereocenters. The zero-order chi connectivity index (χ0) is 39.1. The van der Waals surface area contributed by atoms with Crippen molar-refractivity contribution in [3.8, 4) is 0 Å². The van der Waals surface area contributed by atoms with Crippen LogP contribution in [0.3, 0.4) is 0 Å². The van der Waals surface area contributed by atoms with Gasteiger partial charge in [0.25, 0.3) is 0 Å². The molecule has 0 fully saturated rings. The molecule has 8 rings (SSSR count). The molecule has 0 saturated carbocycles. The van der Waals surface area contributed by atoms with E-state index >= 15 is 0 Å². The summed E-state index contributed by atoms with van der Waals surface area (Å²) in [6.07, 6.45) is 0. The van der Waals surface area contributed by atoms with Gasteiger partial charge in [-0.3, -0.25) is 0 Å². The van der Waals surface area contributed by atoms with Gasteiger partial charge in [-0.1, -0.05) is 24.3 Å². The summed E-state index contributed by atoms with van der Waals surface area (Å²) >= 11 is 0. The van der Waals surface area contributed by atoms with E-state index in [0.29, 0.717) is 45.5 Å². The maximum absolute atomic E-state index is 11.6. The van der Waals surface area contributed by atoms with Crippen molar-refractivity contribution >= 4 is 102 Å². The molecule has 0 radical (unpaired) electrons. The van der Waals surface area contributed by atoms with E-state index in [4.69, 9.17) is 0 Å². The lowest BCUT2D eigenvalue weighted by Gasteiger charge is -2.22. The summed E-state index contributed by atoms with van der Waals surface area (Å²) in [5.74, 6) is -4.15. The fourth-order valence-electron chi connectivity index (χ4n) is 6.81. The highest BCUT2D eigenvalue weighted by atomic mass is 16.4. The molecule has 0 heterocycles. The van der Waals surface area contributed by atoms with Crippen molar-refractivity contribution in [1.29, 1.82) is 0 Å². The lowest BCUT2D eigenvalue weighted by molar-refractivity contribution is 0.0686. The van der Waals surface area contributed by atoms with Crippen molar-refractivity contribution < 1.29 is 39.6 Å². The molecule has 8 aromatic rings. The predicted molar refractivity (Wildman–Crippen MR) is 217 cm³/mol. The van der Waals surface area contributed by atoms with E-state index in [1.807, 2.05) is 36.4 Å². The molecule has 0 aliphatic carbocycles. The number of anilines is 8. The smallest absolute Gasteiger partial charge is 0.335 e. The van der Waals surface area contributed by atoms with Gasteiger partial charge < -0.3 is 41.7 Å². The Morgan fingerprint density at radius 3 is 0.679 bits per heavy atom. The van der Waals surface area contributed by atoms with E-state index < -0.39 is 23.9 Å². The first-order valence-electron chi connectivity index (χ1n) is 17.2. The zero-order valence-electron chi connectivity index (χ0n) is 29.1. The van der Waals surface area contributed by atoms with Gasteiger partial charge in [-0.2, -0.15) is 0 Å². The largest absolute Gasteiger partial charge is 0.478 e. The molecule has 0 spiro atoms. The number of rotatable bonds is 12. The van der Waals surface area contributed by atoms with E-state index in [9.17, 15) is 39.6 Å². The molecule has 0 amide bonds. The first-order valence-corrected chi connectivity index (χ1v) is 17.2. The van der Waals surface area contributed by atoms with E-state index in [1.165, 1.54) is 48.5 Å². The predicted octanol–water partition coefficient (Wildman–Crippen LogP) is 10.4. The molecule has 0 saturated heterocycles. The van der Waals surface area contributed by atoms with Crippen molar-refractivity contribution in [1.82, 2.24) is 0 Å². The van der Waals surface area contributed by atoms with Crippen molar-refractivity contribution in [2.45, 2.75) is 0 Å². The molecule has 0 aliphatic heterocycles. The third-order valence-electron chi connectivity index (χ3n) is 9.54. The van der Waals surface area contributed by atoms with Crippen molar-refractivity contribution in [2.24, 2.45) is 0 Å². The summed E-state index contributed by atoms with van der Waals surface area (Å²) in [4.78, 5) is 46.3. The van der Waals surface area contributed by atoms with Crippen molar-refractivity contribution in [3.05, 3.63) is 156 Å². The third kappa shape index (κ3) is 6.65. The Morgan fingerprint density at radius 1 is 0.304 bits per heavy atom. The number of carboxylic acid groups (broad SMARTS) is 4. The average molecular weight is 743 g/mol. The van der Waals surface area contributed by atoms with Gasteiger partial charge in [0.05, 0.1) is 22.3 Å². The number of hydrogen-bond acceptors (Lipinski definition) is 8. The zero-order valence-corrected chi connectivity index (χ0v) is 29.1. The minimum Gasteiger partial charge on any atom is -0.478 e. The van der Waals surface area contributed by atoms with Crippen LogP contribution in [0.1, 0.15) is 41.4 Å².